The molecule has 3 rings (SSSR count). The van der Waals surface area contributed by atoms with Gasteiger partial charge in [-0.25, -0.2) is 0 Å². The van der Waals surface area contributed by atoms with E-state index < -0.39 is 0 Å². The van der Waals surface area contributed by atoms with E-state index in [0.29, 0.717) is 36.3 Å². The molecule has 0 aromatic heterocycles. The van der Waals surface area contributed by atoms with Gasteiger partial charge in [0, 0.05) is 13.0 Å². The minimum atomic E-state index is -0.0727. The highest BCUT2D eigenvalue weighted by Crippen LogP contribution is 2.37. The van der Waals surface area contributed by atoms with Crippen LogP contribution in [0, 0.1) is 0 Å². The van der Waals surface area contributed by atoms with Gasteiger partial charge in [-0.15, -0.1) is 0 Å². The highest BCUT2D eigenvalue weighted by molar-refractivity contribution is 6.32. The molecule has 2 aromatic rings. The molecule has 1 amide bonds. The summed E-state index contributed by atoms with van der Waals surface area (Å²) in [6, 6.07) is 11.1. The maximum absolute atomic E-state index is 12.2. The predicted molar refractivity (Wildman–Crippen MR) is 95.6 cm³/mol. The lowest BCUT2D eigenvalue weighted by atomic mass is 10.1. The molecule has 5 nitrogen and oxygen atoms in total. The molecule has 2 aromatic carbocycles. The number of rotatable bonds is 5. The Labute approximate surface area is 151 Å². The minimum Gasteiger partial charge on any atom is -0.497 e. The SMILES string of the molecule is COc1cccc(CC(=O)NCc2cc(Cl)c3c(c2)OCCCO3)c1. The van der Waals surface area contributed by atoms with Crippen LogP contribution in [0.3, 0.4) is 0 Å². The summed E-state index contributed by atoms with van der Waals surface area (Å²) >= 11 is 6.27. The van der Waals surface area contributed by atoms with Crippen molar-refractivity contribution in [1.29, 1.82) is 0 Å². The molecule has 1 N–H and O–H groups in total. The summed E-state index contributed by atoms with van der Waals surface area (Å²) in [4.78, 5) is 12.2. The molecule has 1 aliphatic rings. The molecule has 1 heterocycles. The van der Waals surface area contributed by atoms with Gasteiger partial charge in [-0.3, -0.25) is 4.79 Å². The fourth-order valence-electron chi connectivity index (χ4n) is 2.62. The molecule has 1 aliphatic heterocycles. The van der Waals surface area contributed by atoms with Crippen LogP contribution >= 0.6 is 11.6 Å². The van der Waals surface area contributed by atoms with Gasteiger partial charge in [0.05, 0.1) is 31.8 Å². The second-order valence-electron chi connectivity index (χ2n) is 5.76. The van der Waals surface area contributed by atoms with Gasteiger partial charge in [-0.05, 0) is 35.4 Å². The number of fused-ring (bicyclic) bond motifs is 1. The number of halogens is 1. The maximum Gasteiger partial charge on any atom is 0.224 e. The van der Waals surface area contributed by atoms with Gasteiger partial charge < -0.3 is 19.5 Å². The lowest BCUT2D eigenvalue weighted by Crippen LogP contribution is -2.24. The van der Waals surface area contributed by atoms with E-state index in [1.807, 2.05) is 30.3 Å². The number of ether oxygens (including phenoxy) is 3. The van der Waals surface area contributed by atoms with E-state index >= 15 is 0 Å². The van der Waals surface area contributed by atoms with E-state index in [9.17, 15) is 4.79 Å². The predicted octanol–water partition coefficient (Wildman–Crippen LogP) is 3.37. The number of benzene rings is 2. The first-order valence-electron chi connectivity index (χ1n) is 8.13. The van der Waals surface area contributed by atoms with Crippen molar-refractivity contribution in [2.24, 2.45) is 0 Å². The molecule has 25 heavy (non-hydrogen) atoms. The van der Waals surface area contributed by atoms with Crippen LogP contribution in [0.4, 0.5) is 0 Å². The fraction of sp³-hybridized carbons (Fsp3) is 0.316. The third-order valence-corrected chi connectivity index (χ3v) is 4.13. The van der Waals surface area contributed by atoms with Crippen LogP contribution in [0.2, 0.25) is 5.02 Å². The molecule has 0 aliphatic carbocycles. The number of hydrogen-bond donors (Lipinski definition) is 1. The Bertz CT molecular complexity index is 763. The first-order valence-corrected chi connectivity index (χ1v) is 8.51. The van der Waals surface area contributed by atoms with Crippen molar-refractivity contribution in [3.8, 4) is 17.2 Å². The van der Waals surface area contributed by atoms with Crippen molar-refractivity contribution >= 4 is 17.5 Å². The van der Waals surface area contributed by atoms with Crippen molar-refractivity contribution in [2.45, 2.75) is 19.4 Å². The Kier molecular flexibility index (Phi) is 5.66. The van der Waals surface area contributed by atoms with Crippen LogP contribution in [-0.4, -0.2) is 26.2 Å². The summed E-state index contributed by atoms with van der Waals surface area (Å²) in [5.74, 6) is 1.86. The van der Waals surface area contributed by atoms with Gasteiger partial charge >= 0.3 is 0 Å². The van der Waals surface area contributed by atoms with Crippen LogP contribution in [0.1, 0.15) is 17.5 Å². The van der Waals surface area contributed by atoms with E-state index in [1.165, 1.54) is 0 Å². The third-order valence-electron chi connectivity index (χ3n) is 3.85. The molecule has 0 fully saturated rings. The van der Waals surface area contributed by atoms with Crippen molar-refractivity contribution in [3.05, 3.63) is 52.5 Å². The van der Waals surface area contributed by atoms with Crippen LogP contribution in [-0.2, 0) is 17.8 Å². The van der Waals surface area contributed by atoms with E-state index in [4.69, 9.17) is 25.8 Å². The van der Waals surface area contributed by atoms with Gasteiger partial charge in [0.1, 0.15) is 5.75 Å². The smallest absolute Gasteiger partial charge is 0.224 e. The van der Waals surface area contributed by atoms with Crippen LogP contribution in [0.5, 0.6) is 17.2 Å². The van der Waals surface area contributed by atoms with Gasteiger partial charge in [0.25, 0.3) is 0 Å². The Hall–Kier alpha value is -2.40. The summed E-state index contributed by atoms with van der Waals surface area (Å²) in [5, 5.41) is 3.40. The average molecular weight is 362 g/mol. The zero-order valence-electron chi connectivity index (χ0n) is 14.0. The summed E-state index contributed by atoms with van der Waals surface area (Å²) < 4.78 is 16.4. The van der Waals surface area contributed by atoms with E-state index in [-0.39, 0.29) is 12.3 Å². The van der Waals surface area contributed by atoms with Gasteiger partial charge in [-0.2, -0.15) is 0 Å². The Balaban J connectivity index is 1.62. The number of carbonyl (C=O) groups is 1. The van der Waals surface area contributed by atoms with Crippen molar-refractivity contribution in [3.63, 3.8) is 0 Å². The first kappa shape index (κ1) is 17.4. The molecule has 132 valence electrons. The van der Waals surface area contributed by atoms with Crippen LogP contribution < -0.4 is 19.5 Å². The Morgan fingerprint density at radius 1 is 1.20 bits per heavy atom. The largest absolute Gasteiger partial charge is 0.497 e. The lowest BCUT2D eigenvalue weighted by molar-refractivity contribution is -0.120. The number of amides is 1. The van der Waals surface area contributed by atoms with Gasteiger partial charge in [0.15, 0.2) is 11.5 Å². The highest BCUT2D eigenvalue weighted by Gasteiger charge is 2.16. The maximum atomic E-state index is 12.2. The number of hydrogen-bond acceptors (Lipinski definition) is 4. The summed E-state index contributed by atoms with van der Waals surface area (Å²) in [6.45, 7) is 1.55. The minimum absolute atomic E-state index is 0.0727. The second kappa shape index (κ2) is 8.12. The first-order chi connectivity index (χ1) is 12.2. The Morgan fingerprint density at radius 2 is 2.04 bits per heavy atom. The average Bonchev–Trinajstić information content (AvgIpc) is 2.86. The molecule has 0 atom stereocenters. The third kappa shape index (κ3) is 4.57. The van der Waals surface area contributed by atoms with Crippen molar-refractivity contribution < 1.29 is 19.0 Å². The summed E-state index contributed by atoms with van der Waals surface area (Å²) in [6.07, 6.45) is 1.10. The molecule has 0 bridgehead atoms. The zero-order chi connectivity index (χ0) is 17.6. The fourth-order valence-corrected chi connectivity index (χ4v) is 2.91. The lowest BCUT2D eigenvalue weighted by Gasteiger charge is -2.12. The molecule has 0 saturated carbocycles. The molecule has 0 radical (unpaired) electrons. The normalized spacial score (nSPS) is 13.0. The summed E-state index contributed by atoms with van der Waals surface area (Å²) in [5.41, 5.74) is 1.77. The molecule has 0 unspecified atom stereocenters. The monoisotopic (exact) mass is 361 g/mol. The second-order valence-corrected chi connectivity index (χ2v) is 6.17. The molecule has 0 saturated heterocycles. The van der Waals surface area contributed by atoms with E-state index in [0.717, 1.165) is 23.3 Å². The topological polar surface area (TPSA) is 56.8 Å². The van der Waals surface area contributed by atoms with Crippen molar-refractivity contribution in [1.82, 2.24) is 5.32 Å². The van der Waals surface area contributed by atoms with Crippen LogP contribution in [0.15, 0.2) is 36.4 Å². The molecular formula is C19H20ClNO4. The van der Waals surface area contributed by atoms with Crippen molar-refractivity contribution in [2.75, 3.05) is 20.3 Å². The summed E-state index contributed by atoms with van der Waals surface area (Å²) in [7, 11) is 1.60. The number of nitrogens with one attached hydrogen (secondary N) is 1. The Morgan fingerprint density at radius 3 is 2.88 bits per heavy atom. The number of carbonyl (C=O) groups excluding carboxylic acids is 1. The zero-order valence-corrected chi connectivity index (χ0v) is 14.8. The van der Waals surface area contributed by atoms with E-state index in [2.05, 4.69) is 5.32 Å². The highest BCUT2D eigenvalue weighted by atomic mass is 35.5. The van der Waals surface area contributed by atoms with Crippen LogP contribution in [0.25, 0.3) is 0 Å². The molecule has 6 heteroatoms. The standard InChI is InChI=1S/C19H20ClNO4/c1-23-15-5-2-4-13(8-15)11-18(22)21-12-14-9-16(20)19-17(10-14)24-6-3-7-25-19/h2,4-5,8-10H,3,6-7,11-12H2,1H3,(H,21,22). The number of methoxy groups -OCH3 is 1. The molecular weight excluding hydrogens is 342 g/mol. The molecule has 0 spiro atoms. The van der Waals surface area contributed by atoms with Gasteiger partial charge in [-0.1, -0.05) is 23.7 Å². The van der Waals surface area contributed by atoms with Gasteiger partial charge in [0.2, 0.25) is 5.91 Å². The van der Waals surface area contributed by atoms with E-state index in [1.54, 1.807) is 13.2 Å². The quantitative estimate of drug-likeness (QED) is 0.887.